The number of amides is 2. The molecule has 2 rings (SSSR count). The van der Waals surface area contributed by atoms with Crippen LogP contribution in [0.1, 0.15) is 10.4 Å². The minimum atomic E-state index is -3.78. The van der Waals surface area contributed by atoms with Gasteiger partial charge in [0.2, 0.25) is 15.9 Å². The van der Waals surface area contributed by atoms with Crippen LogP contribution in [0, 0.1) is 0 Å². The Labute approximate surface area is 154 Å². The maximum atomic E-state index is 12.5. The van der Waals surface area contributed by atoms with Crippen LogP contribution in [0.15, 0.2) is 29.2 Å². The van der Waals surface area contributed by atoms with Gasteiger partial charge >= 0.3 is 0 Å². The van der Waals surface area contributed by atoms with Gasteiger partial charge in [0, 0.05) is 45.8 Å². The van der Waals surface area contributed by atoms with Crippen LogP contribution in [0.5, 0.6) is 0 Å². The summed E-state index contributed by atoms with van der Waals surface area (Å²) in [4.78, 5) is 25.4. The van der Waals surface area contributed by atoms with Gasteiger partial charge in [-0.25, -0.2) is 8.42 Å². The van der Waals surface area contributed by atoms with Gasteiger partial charge in [0.15, 0.2) is 0 Å². The molecule has 1 aromatic rings. The highest BCUT2D eigenvalue weighted by molar-refractivity contribution is 7.89. The molecular weight excluding hydrogens is 368 g/mol. The first-order valence-corrected chi connectivity index (χ1v) is 9.07. The molecule has 0 bridgehead atoms. The van der Waals surface area contributed by atoms with Gasteiger partial charge in [0.1, 0.15) is 0 Å². The molecule has 1 aliphatic heterocycles. The molecule has 8 nitrogen and oxygen atoms in total. The third-order valence-corrected chi connectivity index (χ3v) is 5.70. The molecule has 2 amide bonds. The fourth-order valence-corrected chi connectivity index (χ4v) is 3.51. The molecule has 0 saturated carbocycles. The number of nitrogens with one attached hydrogen (secondary N) is 2. The molecule has 0 unspecified atom stereocenters. The summed E-state index contributed by atoms with van der Waals surface area (Å²) in [6, 6.07) is 5.62. The first-order valence-electron chi connectivity index (χ1n) is 7.63. The Bertz CT molecular complexity index is 703. The predicted octanol–water partition coefficient (Wildman–Crippen LogP) is -0.480. The highest BCUT2D eigenvalue weighted by atomic mass is 35.5. The van der Waals surface area contributed by atoms with Crippen LogP contribution in [0.4, 0.5) is 0 Å². The number of piperazine rings is 1. The molecule has 0 radical (unpaired) electrons. The first-order chi connectivity index (χ1) is 11.4. The molecule has 0 atom stereocenters. The number of hydrogen-bond donors (Lipinski definition) is 2. The standard InChI is InChI=1S/C15H22N4O4S.ClH/c1-16-15(21)12-3-5-13(6-4-12)24(22,23)18(2)11-14(20)19-9-7-17-8-10-19;/h3-6,17H,7-11H2,1-2H3,(H,16,21);1H. The summed E-state index contributed by atoms with van der Waals surface area (Å²) in [6.45, 7) is 2.37. The molecule has 1 aromatic carbocycles. The minimum absolute atomic E-state index is 0. The van der Waals surface area contributed by atoms with E-state index in [-0.39, 0.29) is 35.7 Å². The van der Waals surface area contributed by atoms with Gasteiger partial charge in [-0.1, -0.05) is 0 Å². The SMILES string of the molecule is CNC(=O)c1ccc(S(=O)(=O)N(C)CC(=O)N2CCNCC2)cc1.Cl. The van der Waals surface area contributed by atoms with E-state index in [0.717, 1.165) is 4.31 Å². The average molecular weight is 391 g/mol. The Kier molecular flexibility index (Phi) is 7.81. The van der Waals surface area contributed by atoms with Gasteiger partial charge in [-0.15, -0.1) is 12.4 Å². The molecular formula is C15H23ClN4O4S. The summed E-state index contributed by atoms with van der Waals surface area (Å²) < 4.78 is 26.1. The van der Waals surface area contributed by atoms with Crippen molar-refractivity contribution in [2.75, 3.05) is 46.8 Å². The third-order valence-electron chi connectivity index (χ3n) is 3.88. The molecule has 0 aliphatic carbocycles. The second kappa shape index (κ2) is 9.14. The minimum Gasteiger partial charge on any atom is -0.355 e. The Balaban J connectivity index is 0.00000312. The van der Waals surface area contributed by atoms with Crippen molar-refractivity contribution >= 4 is 34.2 Å². The maximum Gasteiger partial charge on any atom is 0.251 e. The Morgan fingerprint density at radius 1 is 1.20 bits per heavy atom. The number of halogens is 1. The molecule has 0 spiro atoms. The molecule has 1 fully saturated rings. The Morgan fingerprint density at radius 3 is 2.28 bits per heavy atom. The summed E-state index contributed by atoms with van der Waals surface area (Å²) in [5.41, 5.74) is 0.371. The smallest absolute Gasteiger partial charge is 0.251 e. The van der Waals surface area contributed by atoms with E-state index in [1.807, 2.05) is 0 Å². The molecule has 1 heterocycles. The average Bonchev–Trinajstić information content (AvgIpc) is 2.61. The number of benzene rings is 1. The normalized spacial score (nSPS) is 14.8. The summed E-state index contributed by atoms with van der Waals surface area (Å²) in [7, 11) is -0.904. The van der Waals surface area contributed by atoms with Crippen molar-refractivity contribution < 1.29 is 18.0 Å². The third kappa shape index (κ3) is 5.15. The molecule has 1 saturated heterocycles. The summed E-state index contributed by atoms with van der Waals surface area (Å²) in [6.07, 6.45) is 0. The van der Waals surface area contributed by atoms with Crippen molar-refractivity contribution in [1.82, 2.24) is 19.8 Å². The van der Waals surface area contributed by atoms with Gasteiger partial charge in [-0.2, -0.15) is 4.31 Å². The lowest BCUT2D eigenvalue weighted by Crippen LogP contribution is -2.49. The Hall–Kier alpha value is -1.68. The van der Waals surface area contributed by atoms with E-state index in [1.165, 1.54) is 38.4 Å². The van der Waals surface area contributed by atoms with Crippen LogP contribution in [-0.4, -0.2) is 76.3 Å². The first kappa shape index (κ1) is 21.4. The van der Waals surface area contributed by atoms with Gasteiger partial charge in [-0.3, -0.25) is 9.59 Å². The lowest BCUT2D eigenvalue weighted by molar-refractivity contribution is -0.131. The van der Waals surface area contributed by atoms with Gasteiger partial charge in [0.25, 0.3) is 5.91 Å². The number of carbonyl (C=O) groups excluding carboxylic acids is 2. The van der Waals surface area contributed by atoms with E-state index in [2.05, 4.69) is 10.6 Å². The van der Waals surface area contributed by atoms with Crippen molar-refractivity contribution in [2.45, 2.75) is 4.90 Å². The number of likely N-dealkylation sites (N-methyl/N-ethyl adjacent to an activating group) is 1. The van der Waals surface area contributed by atoms with Gasteiger partial charge in [0.05, 0.1) is 11.4 Å². The maximum absolute atomic E-state index is 12.5. The fourth-order valence-electron chi connectivity index (χ4n) is 2.39. The van der Waals surface area contributed by atoms with Gasteiger partial charge in [-0.05, 0) is 24.3 Å². The summed E-state index contributed by atoms with van der Waals surface area (Å²) in [5, 5.41) is 5.61. The molecule has 25 heavy (non-hydrogen) atoms. The number of sulfonamides is 1. The molecule has 2 N–H and O–H groups in total. The predicted molar refractivity (Wildman–Crippen MR) is 96.3 cm³/mol. The van der Waals surface area contributed by atoms with Gasteiger partial charge < -0.3 is 15.5 Å². The van der Waals surface area contributed by atoms with Crippen LogP contribution in [0.3, 0.4) is 0 Å². The number of carbonyl (C=O) groups is 2. The summed E-state index contributed by atoms with van der Waals surface area (Å²) >= 11 is 0. The lowest BCUT2D eigenvalue weighted by atomic mass is 10.2. The van der Waals surface area contributed by atoms with E-state index >= 15 is 0 Å². The Morgan fingerprint density at radius 2 is 1.76 bits per heavy atom. The quantitative estimate of drug-likeness (QED) is 0.707. The lowest BCUT2D eigenvalue weighted by Gasteiger charge is -2.29. The van der Waals surface area contributed by atoms with E-state index in [4.69, 9.17) is 0 Å². The van der Waals surface area contributed by atoms with E-state index in [1.54, 1.807) is 4.90 Å². The fraction of sp³-hybridized carbons (Fsp3) is 0.467. The van der Waals surface area contributed by atoms with Crippen LogP contribution in [0.25, 0.3) is 0 Å². The zero-order valence-electron chi connectivity index (χ0n) is 14.2. The van der Waals surface area contributed by atoms with Crippen molar-refractivity contribution in [2.24, 2.45) is 0 Å². The monoisotopic (exact) mass is 390 g/mol. The highest BCUT2D eigenvalue weighted by Gasteiger charge is 2.26. The van der Waals surface area contributed by atoms with Crippen molar-refractivity contribution in [1.29, 1.82) is 0 Å². The second-order valence-corrected chi connectivity index (χ2v) is 7.54. The number of nitrogens with zero attached hydrogens (tertiary/aromatic N) is 2. The van der Waals surface area contributed by atoms with E-state index < -0.39 is 10.0 Å². The van der Waals surface area contributed by atoms with Crippen molar-refractivity contribution in [3.05, 3.63) is 29.8 Å². The van der Waals surface area contributed by atoms with Crippen LogP contribution in [0.2, 0.25) is 0 Å². The zero-order chi connectivity index (χ0) is 17.7. The molecule has 1 aliphatic rings. The topological polar surface area (TPSA) is 98.8 Å². The largest absolute Gasteiger partial charge is 0.355 e. The van der Waals surface area contributed by atoms with E-state index in [0.29, 0.717) is 31.7 Å². The van der Waals surface area contributed by atoms with Crippen LogP contribution < -0.4 is 10.6 Å². The highest BCUT2D eigenvalue weighted by Crippen LogP contribution is 2.15. The van der Waals surface area contributed by atoms with Crippen LogP contribution >= 0.6 is 12.4 Å². The van der Waals surface area contributed by atoms with Crippen molar-refractivity contribution in [3.8, 4) is 0 Å². The molecule has 0 aromatic heterocycles. The molecule has 140 valence electrons. The number of hydrogen-bond acceptors (Lipinski definition) is 5. The second-order valence-electron chi connectivity index (χ2n) is 5.50. The molecule has 10 heteroatoms. The van der Waals surface area contributed by atoms with Crippen molar-refractivity contribution in [3.63, 3.8) is 0 Å². The van der Waals surface area contributed by atoms with Crippen LogP contribution in [-0.2, 0) is 14.8 Å². The summed E-state index contributed by atoms with van der Waals surface area (Å²) in [5.74, 6) is -0.509. The number of rotatable bonds is 5. The zero-order valence-corrected chi connectivity index (χ0v) is 15.8. The van der Waals surface area contributed by atoms with E-state index in [9.17, 15) is 18.0 Å².